The lowest BCUT2D eigenvalue weighted by molar-refractivity contribution is 0.720. The largest absolute Gasteiger partial charge is 0.357 e. The van der Waals surface area contributed by atoms with Crippen LogP contribution in [0.5, 0.6) is 0 Å². The van der Waals surface area contributed by atoms with Crippen LogP contribution in [-0.2, 0) is 13.0 Å². The van der Waals surface area contributed by atoms with E-state index in [9.17, 15) is 0 Å². The van der Waals surface area contributed by atoms with Crippen LogP contribution in [0.3, 0.4) is 0 Å². The third-order valence-corrected chi connectivity index (χ3v) is 3.60. The van der Waals surface area contributed by atoms with Crippen LogP contribution >= 0.6 is 11.6 Å². The van der Waals surface area contributed by atoms with E-state index in [4.69, 9.17) is 11.6 Å². The van der Waals surface area contributed by atoms with Crippen molar-refractivity contribution >= 4 is 23.4 Å². The Morgan fingerprint density at radius 2 is 2.16 bits per heavy atom. The molecule has 0 saturated carbocycles. The zero-order valence-corrected chi connectivity index (χ0v) is 11.5. The number of nitrogens with zero attached hydrogens (tertiary/aromatic N) is 3. The molecule has 0 amide bonds. The zero-order chi connectivity index (χ0) is 13.2. The summed E-state index contributed by atoms with van der Waals surface area (Å²) in [5.41, 5.74) is 2.66. The standard InChI is InChI=1S/C14H15ClN4/c1-16-14-17-6-4-13(18-14)19-7-5-10-8-12(15)3-2-11(10)9-19/h2-4,6,8H,5,7,9H2,1H3,(H,16,17,18). The zero-order valence-electron chi connectivity index (χ0n) is 10.7. The summed E-state index contributed by atoms with van der Waals surface area (Å²) in [6.07, 6.45) is 2.78. The average Bonchev–Trinajstić information content (AvgIpc) is 2.46. The van der Waals surface area contributed by atoms with Gasteiger partial charge in [-0.15, -0.1) is 0 Å². The second-order valence-electron chi connectivity index (χ2n) is 4.57. The summed E-state index contributed by atoms with van der Waals surface area (Å²) in [6.45, 7) is 1.82. The second-order valence-corrected chi connectivity index (χ2v) is 5.01. The van der Waals surface area contributed by atoms with Gasteiger partial charge in [-0.2, -0.15) is 4.98 Å². The van der Waals surface area contributed by atoms with Gasteiger partial charge in [-0.05, 0) is 35.7 Å². The van der Waals surface area contributed by atoms with Gasteiger partial charge in [0.2, 0.25) is 5.95 Å². The molecule has 0 aliphatic carbocycles. The second kappa shape index (κ2) is 5.05. The summed E-state index contributed by atoms with van der Waals surface area (Å²) >= 11 is 6.03. The van der Waals surface area contributed by atoms with Crippen LogP contribution in [0, 0.1) is 0 Å². The van der Waals surface area contributed by atoms with E-state index in [0.29, 0.717) is 5.95 Å². The van der Waals surface area contributed by atoms with Gasteiger partial charge in [0.15, 0.2) is 0 Å². The lowest BCUT2D eigenvalue weighted by Gasteiger charge is -2.29. The number of nitrogens with one attached hydrogen (secondary N) is 1. The Morgan fingerprint density at radius 1 is 1.26 bits per heavy atom. The smallest absolute Gasteiger partial charge is 0.224 e. The number of rotatable bonds is 2. The highest BCUT2D eigenvalue weighted by molar-refractivity contribution is 6.30. The fourth-order valence-electron chi connectivity index (χ4n) is 2.36. The minimum atomic E-state index is 0.652. The van der Waals surface area contributed by atoms with Crippen molar-refractivity contribution in [3.63, 3.8) is 0 Å². The average molecular weight is 275 g/mol. The third-order valence-electron chi connectivity index (χ3n) is 3.37. The molecule has 0 saturated heterocycles. The van der Waals surface area contributed by atoms with E-state index in [1.165, 1.54) is 11.1 Å². The Kier molecular flexibility index (Phi) is 3.25. The first-order valence-electron chi connectivity index (χ1n) is 6.29. The summed E-state index contributed by atoms with van der Waals surface area (Å²) in [5.74, 6) is 1.61. The molecule has 0 fully saturated rings. The van der Waals surface area contributed by atoms with Gasteiger partial charge in [-0.3, -0.25) is 0 Å². The molecule has 5 heteroatoms. The van der Waals surface area contributed by atoms with Crippen molar-refractivity contribution < 1.29 is 0 Å². The lowest BCUT2D eigenvalue weighted by atomic mass is 10.00. The van der Waals surface area contributed by atoms with Crippen molar-refractivity contribution in [3.8, 4) is 0 Å². The Hall–Kier alpha value is -1.81. The molecule has 2 aromatic rings. The van der Waals surface area contributed by atoms with Crippen LogP contribution in [-0.4, -0.2) is 23.6 Å². The fourth-order valence-corrected chi connectivity index (χ4v) is 2.56. The molecule has 1 aliphatic heterocycles. The molecule has 0 bridgehead atoms. The number of halogens is 1. The first kappa shape index (κ1) is 12.2. The molecule has 0 radical (unpaired) electrons. The summed E-state index contributed by atoms with van der Waals surface area (Å²) in [4.78, 5) is 10.9. The van der Waals surface area contributed by atoms with Crippen LogP contribution in [0.4, 0.5) is 11.8 Å². The number of fused-ring (bicyclic) bond motifs is 1. The summed E-state index contributed by atoms with van der Waals surface area (Å²) in [5, 5.41) is 3.78. The van der Waals surface area contributed by atoms with E-state index in [1.807, 2.05) is 19.2 Å². The highest BCUT2D eigenvalue weighted by atomic mass is 35.5. The van der Waals surface area contributed by atoms with Crippen molar-refractivity contribution in [1.29, 1.82) is 0 Å². The van der Waals surface area contributed by atoms with E-state index in [0.717, 1.165) is 30.4 Å². The first-order chi connectivity index (χ1) is 9.26. The highest BCUT2D eigenvalue weighted by Gasteiger charge is 2.17. The minimum Gasteiger partial charge on any atom is -0.357 e. The van der Waals surface area contributed by atoms with Gasteiger partial charge in [0.05, 0.1) is 0 Å². The van der Waals surface area contributed by atoms with Crippen LogP contribution in [0.2, 0.25) is 5.02 Å². The number of hydrogen-bond acceptors (Lipinski definition) is 4. The molecule has 0 spiro atoms. The maximum absolute atomic E-state index is 6.03. The van der Waals surface area contributed by atoms with Gasteiger partial charge in [-0.25, -0.2) is 4.98 Å². The molecule has 19 heavy (non-hydrogen) atoms. The monoisotopic (exact) mass is 274 g/mol. The number of benzene rings is 1. The van der Waals surface area contributed by atoms with Crippen LogP contribution < -0.4 is 10.2 Å². The highest BCUT2D eigenvalue weighted by Crippen LogP contribution is 2.25. The summed E-state index contributed by atoms with van der Waals surface area (Å²) < 4.78 is 0. The topological polar surface area (TPSA) is 41.1 Å². The van der Waals surface area contributed by atoms with Gasteiger partial charge in [0, 0.05) is 31.4 Å². The van der Waals surface area contributed by atoms with E-state index >= 15 is 0 Å². The first-order valence-corrected chi connectivity index (χ1v) is 6.67. The Morgan fingerprint density at radius 3 is 3.00 bits per heavy atom. The maximum atomic E-state index is 6.03. The van der Waals surface area contributed by atoms with E-state index in [-0.39, 0.29) is 0 Å². The molecule has 2 heterocycles. The van der Waals surface area contributed by atoms with Gasteiger partial charge < -0.3 is 10.2 Å². The van der Waals surface area contributed by atoms with Crippen molar-refractivity contribution in [3.05, 3.63) is 46.6 Å². The van der Waals surface area contributed by atoms with Gasteiger partial charge in [0.25, 0.3) is 0 Å². The Bertz CT molecular complexity index is 600. The molecule has 0 atom stereocenters. The van der Waals surface area contributed by atoms with E-state index < -0.39 is 0 Å². The van der Waals surface area contributed by atoms with Crippen molar-refractivity contribution in [2.75, 3.05) is 23.8 Å². The van der Waals surface area contributed by atoms with Crippen LogP contribution in [0.15, 0.2) is 30.5 Å². The van der Waals surface area contributed by atoms with Crippen LogP contribution in [0.25, 0.3) is 0 Å². The van der Waals surface area contributed by atoms with Gasteiger partial charge in [-0.1, -0.05) is 17.7 Å². The molecule has 3 rings (SSSR count). The SMILES string of the molecule is CNc1nccc(N2CCc3cc(Cl)ccc3C2)n1. The molecule has 98 valence electrons. The molecular formula is C14H15ClN4. The number of anilines is 2. The maximum Gasteiger partial charge on any atom is 0.224 e. The van der Waals surface area contributed by atoms with E-state index in [1.54, 1.807) is 6.20 Å². The molecule has 1 aromatic carbocycles. The normalized spacial score (nSPS) is 14.1. The quantitative estimate of drug-likeness (QED) is 0.914. The third kappa shape index (κ3) is 2.49. The Labute approximate surface area is 117 Å². The van der Waals surface area contributed by atoms with Crippen molar-refractivity contribution in [1.82, 2.24) is 9.97 Å². The van der Waals surface area contributed by atoms with Gasteiger partial charge in [0.1, 0.15) is 5.82 Å². The molecular weight excluding hydrogens is 260 g/mol. The fraction of sp³-hybridized carbons (Fsp3) is 0.286. The molecule has 1 aliphatic rings. The minimum absolute atomic E-state index is 0.652. The van der Waals surface area contributed by atoms with Crippen molar-refractivity contribution in [2.24, 2.45) is 0 Å². The van der Waals surface area contributed by atoms with Gasteiger partial charge >= 0.3 is 0 Å². The van der Waals surface area contributed by atoms with Crippen molar-refractivity contribution in [2.45, 2.75) is 13.0 Å². The predicted octanol–water partition coefficient (Wildman–Crippen LogP) is 2.73. The lowest BCUT2D eigenvalue weighted by Crippen LogP contribution is -2.31. The Balaban J connectivity index is 1.86. The van der Waals surface area contributed by atoms with E-state index in [2.05, 4.69) is 32.3 Å². The van der Waals surface area contributed by atoms with Crippen LogP contribution in [0.1, 0.15) is 11.1 Å². The summed E-state index contributed by atoms with van der Waals surface area (Å²) in [6, 6.07) is 8.06. The predicted molar refractivity (Wildman–Crippen MR) is 77.8 cm³/mol. The summed E-state index contributed by atoms with van der Waals surface area (Å²) in [7, 11) is 1.83. The molecule has 0 unspecified atom stereocenters. The molecule has 1 aromatic heterocycles. The number of hydrogen-bond donors (Lipinski definition) is 1. The molecule has 1 N–H and O–H groups in total. The number of aromatic nitrogens is 2. The molecule has 4 nitrogen and oxygen atoms in total.